The summed E-state index contributed by atoms with van der Waals surface area (Å²) in [5.41, 5.74) is 4.14. The molecule has 0 saturated carbocycles. The molecule has 3 aromatic rings. The van der Waals surface area contributed by atoms with E-state index in [1.54, 1.807) is 30.3 Å². The van der Waals surface area contributed by atoms with Crippen molar-refractivity contribution in [3.05, 3.63) is 84.1 Å². The normalized spacial score (nSPS) is 15.7. The van der Waals surface area contributed by atoms with E-state index in [2.05, 4.69) is 5.43 Å². The molecule has 0 spiro atoms. The van der Waals surface area contributed by atoms with Crippen molar-refractivity contribution in [2.45, 2.75) is 0 Å². The van der Waals surface area contributed by atoms with Crippen LogP contribution in [0.5, 0.6) is 0 Å². The lowest BCUT2D eigenvalue weighted by Gasteiger charge is -2.13. The molecule has 122 valence electrons. The van der Waals surface area contributed by atoms with Gasteiger partial charge in [0.05, 0.1) is 5.69 Å². The second kappa shape index (κ2) is 6.13. The Bertz CT molecular complexity index is 959. The monoisotopic (exact) mass is 330 g/mol. The molecular weight excluding hydrogens is 316 g/mol. The highest BCUT2D eigenvalue weighted by Crippen LogP contribution is 2.25. The summed E-state index contributed by atoms with van der Waals surface area (Å²) in [5.74, 6) is 0.269. The number of nitrogens with one attached hydrogen (secondary N) is 1. The molecule has 1 saturated heterocycles. The van der Waals surface area contributed by atoms with Crippen molar-refractivity contribution in [1.29, 1.82) is 0 Å². The van der Waals surface area contributed by atoms with E-state index in [0.717, 1.165) is 5.56 Å². The third-order valence-electron chi connectivity index (χ3n) is 3.88. The Morgan fingerprint density at radius 2 is 1.52 bits per heavy atom. The molecule has 5 heteroatoms. The molecule has 5 nitrogen and oxygen atoms in total. The average molecular weight is 330 g/mol. The smallest absolute Gasteiger partial charge is 0.282 e. The predicted molar refractivity (Wildman–Crippen MR) is 94.2 cm³/mol. The van der Waals surface area contributed by atoms with Gasteiger partial charge in [0.1, 0.15) is 17.1 Å². The van der Waals surface area contributed by atoms with Gasteiger partial charge in [0.2, 0.25) is 0 Å². The van der Waals surface area contributed by atoms with E-state index >= 15 is 0 Å². The van der Waals surface area contributed by atoms with Crippen LogP contribution in [0.4, 0.5) is 5.69 Å². The Morgan fingerprint density at radius 3 is 2.24 bits per heavy atom. The molecule has 1 N–H and O–H groups in total. The highest BCUT2D eigenvalue weighted by molar-refractivity contribution is 6.31. The number of rotatable bonds is 3. The predicted octanol–water partition coefficient (Wildman–Crippen LogP) is 3.41. The molecule has 0 aliphatic carbocycles. The third-order valence-corrected chi connectivity index (χ3v) is 3.88. The summed E-state index contributed by atoms with van der Waals surface area (Å²) in [6, 6.07) is 22.1. The van der Waals surface area contributed by atoms with Crippen LogP contribution in [-0.2, 0) is 9.59 Å². The average Bonchev–Trinajstić information content (AvgIpc) is 3.23. The number of hydrazine groups is 1. The molecule has 1 aliphatic heterocycles. The minimum Gasteiger partial charge on any atom is -0.457 e. The second-order valence-electron chi connectivity index (χ2n) is 5.54. The van der Waals surface area contributed by atoms with Crippen molar-refractivity contribution in [3.63, 3.8) is 0 Å². The number of carbonyl (C=O) groups excluding carboxylic acids is 2. The Balaban J connectivity index is 1.63. The van der Waals surface area contributed by atoms with E-state index in [-0.39, 0.29) is 5.57 Å². The second-order valence-corrected chi connectivity index (χ2v) is 5.54. The number of hydrogen-bond acceptors (Lipinski definition) is 3. The fourth-order valence-corrected chi connectivity index (χ4v) is 2.65. The Labute approximate surface area is 144 Å². The van der Waals surface area contributed by atoms with Crippen molar-refractivity contribution in [1.82, 2.24) is 5.43 Å². The quantitative estimate of drug-likeness (QED) is 0.591. The topological polar surface area (TPSA) is 62.6 Å². The Kier molecular flexibility index (Phi) is 3.67. The number of furan rings is 1. The molecule has 0 bridgehead atoms. The van der Waals surface area contributed by atoms with E-state index in [1.807, 2.05) is 42.5 Å². The summed E-state index contributed by atoms with van der Waals surface area (Å²) in [7, 11) is 0. The fourth-order valence-electron chi connectivity index (χ4n) is 2.65. The van der Waals surface area contributed by atoms with Gasteiger partial charge < -0.3 is 4.42 Å². The van der Waals surface area contributed by atoms with Crippen LogP contribution in [0.2, 0.25) is 0 Å². The largest absolute Gasteiger partial charge is 0.457 e. The Morgan fingerprint density at radius 1 is 0.840 bits per heavy atom. The van der Waals surface area contributed by atoms with E-state index in [9.17, 15) is 9.59 Å². The van der Waals surface area contributed by atoms with E-state index in [4.69, 9.17) is 4.42 Å². The highest BCUT2D eigenvalue weighted by Gasteiger charge is 2.34. The lowest BCUT2D eigenvalue weighted by atomic mass is 10.2. The number of benzene rings is 2. The molecular formula is C20H14N2O3. The first-order chi connectivity index (χ1) is 12.2. The minimum absolute atomic E-state index is 0.0396. The van der Waals surface area contributed by atoms with Gasteiger partial charge in [-0.15, -0.1) is 0 Å². The van der Waals surface area contributed by atoms with Crippen molar-refractivity contribution >= 4 is 23.6 Å². The molecule has 0 unspecified atom stereocenters. The van der Waals surface area contributed by atoms with Crippen LogP contribution in [0.15, 0.2) is 82.8 Å². The molecule has 2 heterocycles. The van der Waals surface area contributed by atoms with Crippen molar-refractivity contribution in [2.24, 2.45) is 0 Å². The van der Waals surface area contributed by atoms with Crippen LogP contribution < -0.4 is 10.4 Å². The van der Waals surface area contributed by atoms with Crippen LogP contribution in [0.1, 0.15) is 5.76 Å². The van der Waals surface area contributed by atoms with E-state index in [0.29, 0.717) is 17.2 Å². The first-order valence-electron chi connectivity index (χ1n) is 7.80. The number of nitrogens with zero attached hydrogens (tertiary/aromatic N) is 1. The molecule has 1 aliphatic rings. The van der Waals surface area contributed by atoms with Gasteiger partial charge >= 0.3 is 0 Å². The van der Waals surface area contributed by atoms with Gasteiger partial charge in [0, 0.05) is 5.56 Å². The number of carbonyl (C=O) groups is 2. The maximum Gasteiger partial charge on any atom is 0.282 e. The van der Waals surface area contributed by atoms with Gasteiger partial charge in [-0.25, -0.2) is 5.01 Å². The summed E-state index contributed by atoms with van der Waals surface area (Å²) < 4.78 is 5.74. The van der Waals surface area contributed by atoms with Crippen LogP contribution in [-0.4, -0.2) is 11.8 Å². The molecule has 0 atom stereocenters. The zero-order valence-corrected chi connectivity index (χ0v) is 13.2. The molecule has 2 amide bonds. The zero-order valence-electron chi connectivity index (χ0n) is 13.2. The zero-order chi connectivity index (χ0) is 17.2. The summed E-state index contributed by atoms with van der Waals surface area (Å²) >= 11 is 0. The minimum atomic E-state index is -0.452. The molecule has 1 aromatic heterocycles. The van der Waals surface area contributed by atoms with Crippen molar-refractivity contribution < 1.29 is 14.0 Å². The van der Waals surface area contributed by atoms with Crippen LogP contribution >= 0.6 is 0 Å². The maximum atomic E-state index is 12.5. The summed E-state index contributed by atoms with van der Waals surface area (Å²) in [6.07, 6.45) is 1.47. The van der Waals surface area contributed by atoms with Crippen molar-refractivity contribution in [3.8, 4) is 11.3 Å². The van der Waals surface area contributed by atoms with Gasteiger partial charge in [-0.1, -0.05) is 48.5 Å². The molecule has 2 aromatic carbocycles. The van der Waals surface area contributed by atoms with E-state index < -0.39 is 11.8 Å². The number of hydrogen-bond donors (Lipinski definition) is 1. The number of anilines is 1. The highest BCUT2D eigenvalue weighted by atomic mass is 16.3. The van der Waals surface area contributed by atoms with Crippen LogP contribution in [0, 0.1) is 0 Å². The Hall–Kier alpha value is -3.60. The third kappa shape index (κ3) is 2.83. The number of para-hydroxylation sites is 1. The standard InChI is InChI=1S/C20H14N2O3/c23-19-17(20(24)22(21-19)15-9-5-2-6-10-15)13-16-11-12-18(25-16)14-7-3-1-4-8-14/h1-13H,(H,21,23)/b17-13+. The van der Waals surface area contributed by atoms with Gasteiger partial charge in [0.25, 0.3) is 11.8 Å². The molecule has 25 heavy (non-hydrogen) atoms. The maximum absolute atomic E-state index is 12.5. The van der Waals surface area contributed by atoms with Gasteiger partial charge in [-0.3, -0.25) is 15.0 Å². The molecule has 4 rings (SSSR count). The fraction of sp³-hybridized carbons (Fsp3) is 0. The molecule has 0 radical (unpaired) electrons. The summed E-state index contributed by atoms with van der Waals surface area (Å²) in [4.78, 5) is 24.7. The number of amides is 2. The lowest BCUT2D eigenvalue weighted by Crippen LogP contribution is -2.35. The SMILES string of the molecule is O=C1NN(c2ccccc2)C(=O)/C1=C/c1ccc(-c2ccccc2)o1. The first-order valence-corrected chi connectivity index (χ1v) is 7.80. The lowest BCUT2D eigenvalue weighted by molar-refractivity contribution is -0.117. The first kappa shape index (κ1) is 15.0. The molecule has 1 fully saturated rings. The van der Waals surface area contributed by atoms with Gasteiger partial charge in [-0.2, -0.15) is 0 Å². The van der Waals surface area contributed by atoms with Crippen molar-refractivity contribution in [2.75, 3.05) is 5.01 Å². The van der Waals surface area contributed by atoms with Crippen LogP contribution in [0.3, 0.4) is 0 Å². The van der Waals surface area contributed by atoms with Gasteiger partial charge in [0.15, 0.2) is 0 Å². The van der Waals surface area contributed by atoms with Gasteiger partial charge in [-0.05, 0) is 30.3 Å². The van der Waals surface area contributed by atoms with Crippen LogP contribution in [0.25, 0.3) is 17.4 Å². The summed E-state index contributed by atoms with van der Waals surface area (Å²) in [5, 5.41) is 1.23. The summed E-state index contributed by atoms with van der Waals surface area (Å²) in [6.45, 7) is 0. The van der Waals surface area contributed by atoms with E-state index in [1.165, 1.54) is 11.1 Å².